The molecule has 2 atom stereocenters. The van der Waals surface area contributed by atoms with E-state index < -0.39 is 11.1 Å². The molecule has 1 aromatic carbocycles. The van der Waals surface area contributed by atoms with Crippen molar-refractivity contribution in [1.82, 2.24) is 19.3 Å². The molecule has 0 spiro atoms. The average Bonchev–Trinajstić information content (AvgIpc) is 3.32. The van der Waals surface area contributed by atoms with Gasteiger partial charge in [0.15, 0.2) is 0 Å². The van der Waals surface area contributed by atoms with Crippen LogP contribution in [0.15, 0.2) is 64.4 Å². The molecule has 0 saturated heterocycles. The second-order valence-electron chi connectivity index (χ2n) is 7.60. The van der Waals surface area contributed by atoms with E-state index in [-0.39, 0.29) is 12.6 Å². The molecule has 2 heterocycles. The Labute approximate surface area is 156 Å². The van der Waals surface area contributed by atoms with Crippen molar-refractivity contribution in [3.8, 4) is 11.3 Å². The topological polar surface area (TPSA) is 69.8 Å². The van der Waals surface area contributed by atoms with E-state index in [1.54, 1.807) is 17.0 Å². The number of benzene rings is 1. The van der Waals surface area contributed by atoms with Crippen LogP contribution in [0.3, 0.4) is 0 Å². The molecule has 2 fully saturated rings. The van der Waals surface area contributed by atoms with Crippen molar-refractivity contribution in [2.45, 2.75) is 31.8 Å². The molecule has 3 aromatic rings. The maximum Gasteiger partial charge on any atom is 0.316 e. The smallest absolute Gasteiger partial charge is 0.306 e. The minimum absolute atomic E-state index is 0.188. The summed E-state index contributed by atoms with van der Waals surface area (Å²) in [5.41, 5.74) is 1.49. The van der Waals surface area contributed by atoms with Crippen molar-refractivity contribution in [3.63, 3.8) is 0 Å². The van der Waals surface area contributed by atoms with Crippen molar-refractivity contribution < 1.29 is 0 Å². The summed E-state index contributed by atoms with van der Waals surface area (Å²) in [7, 11) is 0. The molecule has 0 aliphatic heterocycles. The lowest BCUT2D eigenvalue weighted by Gasteiger charge is -2.16. The van der Waals surface area contributed by atoms with Gasteiger partial charge in [0, 0.05) is 24.0 Å². The van der Waals surface area contributed by atoms with Crippen LogP contribution < -0.4 is 11.1 Å². The van der Waals surface area contributed by atoms with Gasteiger partial charge in [0.25, 0.3) is 0 Å². The number of aromatic nitrogens is 4. The molecule has 136 valence electrons. The van der Waals surface area contributed by atoms with Crippen molar-refractivity contribution >= 4 is 0 Å². The third-order valence-corrected chi connectivity index (χ3v) is 5.82. The van der Waals surface area contributed by atoms with Gasteiger partial charge in [0.1, 0.15) is 0 Å². The fourth-order valence-electron chi connectivity index (χ4n) is 4.22. The Morgan fingerprint density at radius 2 is 1.63 bits per heavy atom. The summed E-state index contributed by atoms with van der Waals surface area (Å²) in [6.07, 6.45) is 6.80. The molecule has 2 aliphatic carbocycles. The first-order chi connectivity index (χ1) is 13.2. The van der Waals surface area contributed by atoms with E-state index in [0.717, 1.165) is 35.9 Å². The van der Waals surface area contributed by atoms with Crippen LogP contribution >= 0.6 is 0 Å². The number of nitrogens with zero attached hydrogens (tertiary/aromatic N) is 4. The molecule has 0 amide bonds. The molecular weight excluding hydrogens is 340 g/mol. The zero-order valence-corrected chi connectivity index (χ0v) is 14.9. The fraction of sp³-hybridized carbons (Fsp3) is 0.333. The largest absolute Gasteiger partial charge is 0.316 e. The Balaban J connectivity index is 1.37. The Bertz CT molecular complexity index is 1080. The van der Waals surface area contributed by atoms with Crippen LogP contribution in [0.5, 0.6) is 0 Å². The second kappa shape index (κ2) is 6.30. The molecule has 27 heavy (non-hydrogen) atoms. The molecule has 0 bridgehead atoms. The molecule has 2 saturated carbocycles. The molecule has 0 N–H and O–H groups in total. The number of hydrogen-bond acceptors (Lipinski definition) is 4. The highest BCUT2D eigenvalue weighted by Crippen LogP contribution is 2.55. The minimum atomic E-state index is -0.494. The highest BCUT2D eigenvalue weighted by atomic mass is 16.2. The Hall–Kier alpha value is -3.02. The first kappa shape index (κ1) is 16.2. The monoisotopic (exact) mass is 360 g/mol. The summed E-state index contributed by atoms with van der Waals surface area (Å²) in [4.78, 5) is 25.0. The van der Waals surface area contributed by atoms with E-state index in [0.29, 0.717) is 5.69 Å². The third kappa shape index (κ3) is 3.01. The lowest BCUT2D eigenvalue weighted by Crippen LogP contribution is -2.42. The SMILES string of the molecule is O=c1c(=O)n(C2CC3CC3C2)ccn1Cc1ccc(-c2ccccc2)nn1. The Kier molecular flexibility index (Phi) is 3.77. The summed E-state index contributed by atoms with van der Waals surface area (Å²) >= 11 is 0. The predicted molar refractivity (Wildman–Crippen MR) is 101 cm³/mol. The normalized spacial score (nSPS) is 23.2. The van der Waals surface area contributed by atoms with Gasteiger partial charge in [-0.15, -0.1) is 0 Å². The molecule has 5 rings (SSSR count). The van der Waals surface area contributed by atoms with Crippen LogP contribution in [0, 0.1) is 11.8 Å². The summed E-state index contributed by atoms with van der Waals surface area (Å²) < 4.78 is 3.05. The summed E-state index contributed by atoms with van der Waals surface area (Å²) in [6, 6.07) is 13.7. The van der Waals surface area contributed by atoms with Gasteiger partial charge in [-0.25, -0.2) is 0 Å². The highest BCUT2D eigenvalue weighted by Gasteiger charge is 2.46. The van der Waals surface area contributed by atoms with E-state index >= 15 is 0 Å². The van der Waals surface area contributed by atoms with E-state index in [9.17, 15) is 9.59 Å². The van der Waals surface area contributed by atoms with Gasteiger partial charge >= 0.3 is 11.1 Å². The van der Waals surface area contributed by atoms with Crippen LogP contribution in [-0.2, 0) is 6.54 Å². The lowest BCUT2D eigenvalue weighted by molar-refractivity contribution is 0.445. The average molecular weight is 360 g/mol. The lowest BCUT2D eigenvalue weighted by atomic mass is 10.1. The molecule has 6 nitrogen and oxygen atoms in total. The molecule has 6 heteroatoms. The van der Waals surface area contributed by atoms with Gasteiger partial charge in [-0.2, -0.15) is 10.2 Å². The molecular formula is C21H20N4O2. The van der Waals surface area contributed by atoms with Gasteiger partial charge in [-0.3, -0.25) is 9.59 Å². The molecule has 2 unspecified atom stereocenters. The second-order valence-corrected chi connectivity index (χ2v) is 7.60. The van der Waals surface area contributed by atoms with Gasteiger partial charge in [0.05, 0.1) is 17.9 Å². The maximum absolute atomic E-state index is 12.5. The van der Waals surface area contributed by atoms with E-state index in [1.165, 1.54) is 11.0 Å². The van der Waals surface area contributed by atoms with Crippen LogP contribution in [-0.4, -0.2) is 19.3 Å². The number of hydrogen-bond donors (Lipinski definition) is 0. The summed E-state index contributed by atoms with van der Waals surface area (Å²) in [6.45, 7) is 0.243. The van der Waals surface area contributed by atoms with E-state index in [1.807, 2.05) is 42.5 Å². The summed E-state index contributed by atoms with van der Waals surface area (Å²) in [5, 5.41) is 8.46. The Morgan fingerprint density at radius 1 is 0.852 bits per heavy atom. The van der Waals surface area contributed by atoms with Crippen molar-refractivity contribution in [2.24, 2.45) is 11.8 Å². The molecule has 2 aliphatic rings. The Morgan fingerprint density at radius 3 is 2.33 bits per heavy atom. The first-order valence-electron chi connectivity index (χ1n) is 9.38. The molecule has 2 aromatic heterocycles. The van der Waals surface area contributed by atoms with Crippen LogP contribution in [0.4, 0.5) is 0 Å². The van der Waals surface area contributed by atoms with Crippen molar-refractivity contribution in [3.05, 3.63) is 81.3 Å². The number of rotatable bonds is 4. The van der Waals surface area contributed by atoms with Gasteiger partial charge in [-0.1, -0.05) is 30.3 Å². The van der Waals surface area contributed by atoms with Gasteiger partial charge in [0.2, 0.25) is 0 Å². The third-order valence-electron chi connectivity index (χ3n) is 5.82. The predicted octanol–water partition coefficient (Wildman–Crippen LogP) is 2.49. The van der Waals surface area contributed by atoms with E-state index in [4.69, 9.17) is 0 Å². The van der Waals surface area contributed by atoms with Crippen LogP contribution in [0.1, 0.15) is 31.0 Å². The quantitative estimate of drug-likeness (QED) is 0.670. The van der Waals surface area contributed by atoms with Gasteiger partial charge < -0.3 is 9.13 Å². The van der Waals surface area contributed by atoms with Crippen molar-refractivity contribution in [1.29, 1.82) is 0 Å². The zero-order chi connectivity index (χ0) is 18.4. The fourth-order valence-corrected chi connectivity index (χ4v) is 4.22. The minimum Gasteiger partial charge on any atom is -0.306 e. The number of fused-ring (bicyclic) bond motifs is 1. The highest BCUT2D eigenvalue weighted by molar-refractivity contribution is 5.57. The van der Waals surface area contributed by atoms with E-state index in [2.05, 4.69) is 10.2 Å². The maximum atomic E-state index is 12.5. The molecule has 0 radical (unpaired) electrons. The van der Waals surface area contributed by atoms with Crippen molar-refractivity contribution in [2.75, 3.05) is 0 Å². The van der Waals surface area contributed by atoms with Crippen LogP contribution in [0.2, 0.25) is 0 Å². The first-order valence-corrected chi connectivity index (χ1v) is 9.38. The summed E-state index contributed by atoms with van der Waals surface area (Å²) in [5.74, 6) is 1.53. The van der Waals surface area contributed by atoms with Gasteiger partial charge in [-0.05, 0) is 43.2 Å². The zero-order valence-electron chi connectivity index (χ0n) is 14.9. The standard InChI is InChI=1S/C21H20N4O2/c26-20-21(27)25(18-11-15-10-16(15)12-18)9-8-24(20)13-17-6-7-19(23-22-17)14-4-2-1-3-5-14/h1-9,15-16,18H,10-13H2. The van der Waals surface area contributed by atoms with Crippen LogP contribution in [0.25, 0.3) is 11.3 Å².